The van der Waals surface area contributed by atoms with Crippen LogP contribution in [-0.4, -0.2) is 69.6 Å². The number of allylic oxidation sites excluding steroid dienone is 2. The van der Waals surface area contributed by atoms with Crippen LogP contribution < -0.4 is 10.5 Å². The molecule has 2 aromatic carbocycles. The van der Waals surface area contributed by atoms with Crippen LogP contribution in [0.4, 0.5) is 0 Å². The molecule has 3 aliphatic carbocycles. The Hall–Kier alpha value is -4.15. The van der Waals surface area contributed by atoms with Crippen molar-refractivity contribution in [3.63, 3.8) is 0 Å². The SMILES string of the molecule is COc1ccc(CN(C)C)cc1-c1cc(C(C)(C)C)c(O)c2c1C[C@H]1C[C@H]3CC(O)=C(C(N)=O)C(=O)[C@@]3(O)C(O)=C1C2=O. The van der Waals surface area contributed by atoms with E-state index in [1.54, 1.807) is 7.11 Å². The van der Waals surface area contributed by atoms with Crippen molar-refractivity contribution < 1.29 is 39.5 Å². The Bertz CT molecular complexity index is 1640. The number of aromatic hydroxyl groups is 1. The largest absolute Gasteiger partial charge is 0.511 e. The third kappa shape index (κ3) is 4.60. The summed E-state index contributed by atoms with van der Waals surface area (Å²) < 4.78 is 5.74. The van der Waals surface area contributed by atoms with Crippen molar-refractivity contribution in [2.75, 3.05) is 21.2 Å². The number of aliphatic hydroxyl groups is 3. The highest BCUT2D eigenvalue weighted by Gasteiger charge is 2.59. The topological polar surface area (TPSA) is 171 Å². The molecule has 0 radical (unpaired) electrons. The van der Waals surface area contributed by atoms with Crippen LogP contribution in [-0.2, 0) is 28.0 Å². The molecule has 0 aliphatic heterocycles. The van der Waals surface area contributed by atoms with Gasteiger partial charge in [0.15, 0.2) is 11.4 Å². The lowest BCUT2D eigenvalue weighted by molar-refractivity contribution is -0.144. The third-order valence-electron chi connectivity index (χ3n) is 8.92. The Balaban J connectivity index is 1.78. The number of phenols is 1. The van der Waals surface area contributed by atoms with Crippen molar-refractivity contribution in [1.82, 2.24) is 4.90 Å². The lowest BCUT2D eigenvalue weighted by Crippen LogP contribution is -2.57. The maximum Gasteiger partial charge on any atom is 0.255 e. The number of nitrogens with zero attached hydrogens (tertiary/aromatic N) is 1. The van der Waals surface area contributed by atoms with Crippen molar-refractivity contribution in [2.24, 2.45) is 17.6 Å². The molecule has 0 bridgehead atoms. The first-order valence-electron chi connectivity index (χ1n) is 14.2. The fourth-order valence-corrected chi connectivity index (χ4v) is 6.93. The van der Waals surface area contributed by atoms with Crippen molar-refractivity contribution in [1.29, 1.82) is 0 Å². The minimum Gasteiger partial charge on any atom is -0.511 e. The maximum absolute atomic E-state index is 14.3. The second-order valence-corrected chi connectivity index (χ2v) is 13.1. The highest BCUT2D eigenvalue weighted by Crippen LogP contribution is 2.54. The summed E-state index contributed by atoms with van der Waals surface area (Å²) in [5.74, 6) is -5.92. The van der Waals surface area contributed by atoms with E-state index in [9.17, 15) is 34.8 Å². The predicted molar refractivity (Wildman–Crippen MR) is 159 cm³/mol. The number of carbonyl (C=O) groups excluding carboxylic acids is 3. The van der Waals surface area contributed by atoms with Crippen LogP contribution in [0.1, 0.15) is 60.7 Å². The van der Waals surface area contributed by atoms with Crippen molar-refractivity contribution in [3.8, 4) is 22.6 Å². The first-order chi connectivity index (χ1) is 20.0. The summed E-state index contributed by atoms with van der Waals surface area (Å²) in [4.78, 5) is 41.6. The molecule has 5 rings (SSSR count). The number of rotatable bonds is 5. The molecule has 0 saturated heterocycles. The quantitative estimate of drug-likeness (QED) is 0.326. The van der Waals surface area contributed by atoms with Crippen LogP contribution in [0, 0.1) is 11.8 Å². The van der Waals surface area contributed by atoms with Crippen molar-refractivity contribution in [2.45, 2.75) is 57.6 Å². The molecule has 0 spiro atoms. The van der Waals surface area contributed by atoms with Crippen LogP contribution >= 0.6 is 0 Å². The first kappa shape index (κ1) is 30.3. The number of hydrogen-bond donors (Lipinski definition) is 5. The summed E-state index contributed by atoms with van der Waals surface area (Å²) >= 11 is 0. The fourth-order valence-electron chi connectivity index (χ4n) is 6.93. The average molecular weight is 591 g/mol. The summed E-state index contributed by atoms with van der Waals surface area (Å²) in [7, 11) is 5.49. The monoisotopic (exact) mass is 590 g/mol. The molecular formula is C33H38N2O8. The molecule has 43 heavy (non-hydrogen) atoms. The molecule has 3 aliphatic rings. The molecule has 0 unspecified atom stereocenters. The van der Waals surface area contributed by atoms with E-state index < -0.39 is 57.4 Å². The van der Waals surface area contributed by atoms with E-state index in [1.165, 1.54) is 0 Å². The number of benzene rings is 2. The zero-order valence-electron chi connectivity index (χ0n) is 25.2. The number of amides is 1. The summed E-state index contributed by atoms with van der Waals surface area (Å²) in [6.07, 6.45) is -0.0262. The summed E-state index contributed by atoms with van der Waals surface area (Å²) in [5.41, 5.74) is 4.60. The van der Waals surface area contributed by atoms with Gasteiger partial charge in [0.05, 0.1) is 12.7 Å². The number of primary amides is 1. The molecule has 0 fully saturated rings. The lowest BCUT2D eigenvalue weighted by atomic mass is 9.59. The van der Waals surface area contributed by atoms with E-state index in [2.05, 4.69) is 0 Å². The van der Waals surface area contributed by atoms with E-state index in [1.807, 2.05) is 64.0 Å². The number of ether oxygens (including phenoxy) is 1. The molecule has 1 amide bonds. The molecule has 10 nitrogen and oxygen atoms in total. The minimum atomic E-state index is -2.61. The van der Waals surface area contributed by atoms with Gasteiger partial charge in [-0.15, -0.1) is 0 Å². The summed E-state index contributed by atoms with van der Waals surface area (Å²) in [5, 5.41) is 45.1. The number of fused-ring (bicyclic) bond motifs is 3. The number of hydrogen-bond acceptors (Lipinski definition) is 9. The van der Waals surface area contributed by atoms with Gasteiger partial charge in [0.25, 0.3) is 5.91 Å². The van der Waals surface area contributed by atoms with Crippen LogP contribution in [0.15, 0.2) is 46.9 Å². The fraction of sp³-hybridized carbons (Fsp3) is 0.424. The van der Waals surface area contributed by atoms with Gasteiger partial charge in [0.2, 0.25) is 5.78 Å². The molecular weight excluding hydrogens is 552 g/mol. The Morgan fingerprint density at radius 3 is 2.35 bits per heavy atom. The zero-order valence-corrected chi connectivity index (χ0v) is 25.2. The molecule has 3 atom stereocenters. The van der Waals surface area contributed by atoms with E-state index >= 15 is 0 Å². The average Bonchev–Trinajstić information content (AvgIpc) is 2.89. The van der Waals surface area contributed by atoms with Gasteiger partial charge in [0, 0.05) is 35.6 Å². The Labute approximate surface area is 250 Å². The number of aliphatic hydroxyl groups excluding tert-OH is 2. The Morgan fingerprint density at radius 1 is 1.09 bits per heavy atom. The third-order valence-corrected chi connectivity index (χ3v) is 8.92. The van der Waals surface area contributed by atoms with Gasteiger partial charge >= 0.3 is 0 Å². The van der Waals surface area contributed by atoms with Crippen molar-refractivity contribution >= 4 is 17.5 Å². The number of phenolic OH excluding ortho intramolecular Hbond substituents is 1. The maximum atomic E-state index is 14.3. The number of methoxy groups -OCH3 is 1. The number of nitrogens with two attached hydrogens (primary N) is 1. The van der Waals surface area contributed by atoms with Crippen LogP contribution in [0.3, 0.4) is 0 Å². The highest BCUT2D eigenvalue weighted by molar-refractivity contribution is 6.24. The Kier molecular flexibility index (Phi) is 7.22. The second kappa shape index (κ2) is 10.2. The van der Waals surface area contributed by atoms with E-state index in [0.29, 0.717) is 29.0 Å². The smallest absolute Gasteiger partial charge is 0.255 e. The summed E-state index contributed by atoms with van der Waals surface area (Å²) in [6.45, 7) is 6.38. The Morgan fingerprint density at radius 2 is 1.77 bits per heavy atom. The van der Waals surface area contributed by atoms with Gasteiger partial charge in [-0.2, -0.15) is 0 Å². The standard InChI is InChI=1S/C33H38N2O8/c1-32(2,3)21-13-18(19-9-15(14-35(4)5)7-8-23(19)43-6)20-11-16-10-17-12-22(36)26(31(34)41)30(40)33(17,42)29(39)24(16)28(38)25(20)27(21)37/h7-9,13,16-17,36-37,39,42H,10-12,14H2,1-6H3,(H2,34,41)/t16-,17+,33+/m1/s1. The van der Waals surface area contributed by atoms with Gasteiger partial charge in [-0.3, -0.25) is 14.4 Å². The molecule has 228 valence electrons. The summed E-state index contributed by atoms with van der Waals surface area (Å²) in [6, 6.07) is 7.71. The van der Waals surface area contributed by atoms with Crippen molar-refractivity contribution in [3.05, 3.63) is 69.2 Å². The lowest BCUT2D eigenvalue weighted by Gasteiger charge is -2.46. The highest BCUT2D eigenvalue weighted by atomic mass is 16.5. The molecule has 0 heterocycles. The van der Waals surface area contributed by atoms with Gasteiger partial charge in [-0.1, -0.05) is 26.8 Å². The minimum absolute atomic E-state index is 0.0147. The molecule has 10 heteroatoms. The van der Waals surface area contributed by atoms with Crippen LogP contribution in [0.25, 0.3) is 11.1 Å². The molecule has 0 saturated carbocycles. The van der Waals surface area contributed by atoms with Crippen LogP contribution in [0.2, 0.25) is 0 Å². The molecule has 0 aromatic heterocycles. The van der Waals surface area contributed by atoms with E-state index in [-0.39, 0.29) is 36.1 Å². The zero-order chi connectivity index (χ0) is 31.8. The number of ketones is 2. The first-order valence-corrected chi connectivity index (χ1v) is 14.2. The predicted octanol–water partition coefficient (Wildman–Crippen LogP) is 3.62. The normalized spacial score (nSPS) is 23.7. The van der Waals surface area contributed by atoms with Crippen LogP contribution in [0.5, 0.6) is 11.5 Å². The van der Waals surface area contributed by atoms with Gasteiger partial charge in [0.1, 0.15) is 28.6 Å². The molecule has 2 aromatic rings. The van der Waals surface area contributed by atoms with Gasteiger partial charge in [-0.05, 0) is 73.2 Å². The van der Waals surface area contributed by atoms with Gasteiger partial charge in [-0.25, -0.2) is 0 Å². The van der Waals surface area contributed by atoms with Gasteiger partial charge < -0.3 is 35.8 Å². The van der Waals surface area contributed by atoms with E-state index in [4.69, 9.17) is 10.5 Å². The van der Waals surface area contributed by atoms with E-state index in [0.717, 1.165) is 11.1 Å². The number of carbonyl (C=O) groups is 3. The number of Topliss-reactive ketones (excluding diaryl/α,β-unsaturated/α-hetero) is 2. The second-order valence-electron chi connectivity index (χ2n) is 13.1. The molecule has 6 N–H and O–H groups in total.